The summed E-state index contributed by atoms with van der Waals surface area (Å²) in [5.41, 5.74) is 11.1. The number of hydrogen-bond acceptors (Lipinski definition) is 10. The molecule has 5 rings (SSSR count). The first-order chi connectivity index (χ1) is 25.0. The molecule has 14 nitrogen and oxygen atoms in total. The minimum Gasteiger partial charge on any atom is -0.453 e. The molecule has 0 unspecified atom stereocenters. The first kappa shape index (κ1) is 38.9. The number of hydroxylamine groups is 2. The van der Waals surface area contributed by atoms with Crippen LogP contribution in [0.4, 0.5) is 4.79 Å². The van der Waals surface area contributed by atoms with Crippen molar-refractivity contribution >= 4 is 17.9 Å². The van der Waals surface area contributed by atoms with Crippen molar-refractivity contribution in [3.05, 3.63) is 66.1 Å². The zero-order chi connectivity index (χ0) is 37.4. The van der Waals surface area contributed by atoms with Crippen LogP contribution in [0.2, 0.25) is 0 Å². The molecule has 3 aromatic rings. The van der Waals surface area contributed by atoms with E-state index in [-0.39, 0.29) is 42.7 Å². The Morgan fingerprint density at radius 3 is 2.17 bits per heavy atom. The predicted molar refractivity (Wildman–Crippen MR) is 196 cm³/mol. The number of aromatic nitrogens is 2. The molecule has 5 N–H and O–H groups in total. The van der Waals surface area contributed by atoms with Crippen LogP contribution in [0.15, 0.2) is 54.7 Å². The van der Waals surface area contributed by atoms with Crippen molar-refractivity contribution in [2.75, 3.05) is 41.0 Å². The fourth-order valence-corrected chi connectivity index (χ4v) is 6.71. The van der Waals surface area contributed by atoms with E-state index in [2.05, 4.69) is 57.0 Å². The Morgan fingerprint density at radius 2 is 1.52 bits per heavy atom. The molecule has 52 heavy (non-hydrogen) atoms. The number of nitrogens with zero attached hydrogens (tertiary/aromatic N) is 3. The summed E-state index contributed by atoms with van der Waals surface area (Å²) in [6, 6.07) is 14.4. The molecule has 0 radical (unpaired) electrons. The highest BCUT2D eigenvalue weighted by Gasteiger charge is 2.36. The number of methoxy groups -OCH3 is 3. The van der Waals surface area contributed by atoms with Gasteiger partial charge in [0.1, 0.15) is 17.9 Å². The molecular formula is C38H53N7O7. The monoisotopic (exact) mass is 719 g/mol. The molecule has 3 heterocycles. The number of carbonyl (C=O) groups is 3. The molecule has 2 aliphatic heterocycles. The van der Waals surface area contributed by atoms with E-state index in [1.807, 2.05) is 37.1 Å². The second kappa shape index (κ2) is 17.9. The lowest BCUT2D eigenvalue weighted by atomic mass is 10.00. The summed E-state index contributed by atoms with van der Waals surface area (Å²) in [6.07, 6.45) is 3.75. The second-order valence-corrected chi connectivity index (χ2v) is 13.5. The number of carbonyl (C=O) groups excluding carboxylic acids is 3. The number of rotatable bonds is 15. The third kappa shape index (κ3) is 9.17. The van der Waals surface area contributed by atoms with E-state index >= 15 is 0 Å². The van der Waals surface area contributed by atoms with Gasteiger partial charge in [-0.2, -0.15) is 5.06 Å². The summed E-state index contributed by atoms with van der Waals surface area (Å²) in [6.45, 7) is 6.99. The number of ether oxygens (including phenoxy) is 3. The molecule has 2 fully saturated rings. The number of benzene rings is 2. The summed E-state index contributed by atoms with van der Waals surface area (Å²) < 4.78 is 15.4. The van der Waals surface area contributed by atoms with Gasteiger partial charge in [0.15, 0.2) is 0 Å². The van der Waals surface area contributed by atoms with Crippen LogP contribution in [0.25, 0.3) is 22.4 Å². The quantitative estimate of drug-likeness (QED) is 0.179. The minimum atomic E-state index is -0.721. The van der Waals surface area contributed by atoms with E-state index in [0.717, 1.165) is 53.0 Å². The number of nitrogens with one attached hydrogen (secondary N) is 3. The molecule has 0 spiro atoms. The van der Waals surface area contributed by atoms with Crippen molar-refractivity contribution in [3.8, 4) is 22.4 Å². The van der Waals surface area contributed by atoms with Crippen LogP contribution >= 0.6 is 0 Å². The molecule has 0 bridgehead atoms. The Balaban J connectivity index is 1.16. The van der Waals surface area contributed by atoms with Crippen molar-refractivity contribution in [1.82, 2.24) is 30.6 Å². The average molecular weight is 720 g/mol. The first-order valence-electron chi connectivity index (χ1n) is 18.0. The SMILES string of the molecule is COC(=O)N[C@H](CON1CCC[C@H]1C(=O)N[C@@H](C)c1ccc(-c2ccc(-c3cnc([C@@H]4CCCN4C(=O)[C@@H](N)[C@@H](C)OC)[nH]3)cc2)cc1)[C@@H](C)OC. The molecule has 14 heteroatoms. The zero-order valence-corrected chi connectivity index (χ0v) is 31.0. The third-order valence-electron chi connectivity index (χ3n) is 10.3. The van der Waals surface area contributed by atoms with Gasteiger partial charge in [-0.05, 0) is 68.7 Å². The molecule has 2 aromatic carbocycles. The Labute approximate surface area is 305 Å². The van der Waals surface area contributed by atoms with Gasteiger partial charge in [0, 0.05) is 27.3 Å². The molecule has 282 valence electrons. The number of imidazole rings is 1. The highest BCUT2D eigenvalue weighted by atomic mass is 16.7. The molecule has 2 aliphatic rings. The number of hydrogen-bond donors (Lipinski definition) is 4. The Hall–Kier alpha value is -4.34. The van der Waals surface area contributed by atoms with Crippen molar-refractivity contribution in [1.29, 1.82) is 0 Å². The Kier molecular flexibility index (Phi) is 13.4. The van der Waals surface area contributed by atoms with Crippen molar-refractivity contribution in [2.45, 2.75) is 88.9 Å². The highest BCUT2D eigenvalue weighted by Crippen LogP contribution is 2.33. The van der Waals surface area contributed by atoms with Gasteiger partial charge in [0.25, 0.3) is 0 Å². The van der Waals surface area contributed by atoms with Gasteiger partial charge in [-0.25, -0.2) is 9.78 Å². The number of alkyl carbamates (subject to hydrolysis) is 1. The number of nitrogens with two attached hydrogens (primary N) is 1. The van der Waals surface area contributed by atoms with Gasteiger partial charge in [0.2, 0.25) is 11.8 Å². The highest BCUT2D eigenvalue weighted by molar-refractivity contribution is 5.83. The van der Waals surface area contributed by atoms with Gasteiger partial charge in [-0.15, -0.1) is 0 Å². The third-order valence-corrected chi connectivity index (χ3v) is 10.3. The summed E-state index contributed by atoms with van der Waals surface area (Å²) in [7, 11) is 4.42. The molecular weight excluding hydrogens is 666 g/mol. The number of likely N-dealkylation sites (tertiary alicyclic amines) is 1. The maximum Gasteiger partial charge on any atom is 0.407 e. The Morgan fingerprint density at radius 1 is 0.885 bits per heavy atom. The van der Waals surface area contributed by atoms with E-state index in [4.69, 9.17) is 24.8 Å². The lowest BCUT2D eigenvalue weighted by Gasteiger charge is -2.29. The topological polar surface area (TPSA) is 173 Å². The van der Waals surface area contributed by atoms with Crippen LogP contribution in [0.5, 0.6) is 0 Å². The molecule has 1 aromatic heterocycles. The largest absolute Gasteiger partial charge is 0.453 e. The zero-order valence-electron chi connectivity index (χ0n) is 31.0. The molecule has 0 saturated carbocycles. The van der Waals surface area contributed by atoms with Crippen molar-refractivity contribution < 1.29 is 33.4 Å². The Bertz CT molecular complexity index is 1630. The smallest absolute Gasteiger partial charge is 0.407 e. The molecule has 7 atom stereocenters. The molecule has 0 aliphatic carbocycles. The first-order valence-corrected chi connectivity index (χ1v) is 18.0. The minimum absolute atomic E-state index is 0.111. The van der Waals surface area contributed by atoms with Gasteiger partial charge < -0.3 is 40.5 Å². The fourth-order valence-electron chi connectivity index (χ4n) is 6.71. The lowest BCUT2D eigenvalue weighted by Crippen LogP contribution is -2.49. The summed E-state index contributed by atoms with van der Waals surface area (Å²) in [4.78, 5) is 54.1. The van der Waals surface area contributed by atoms with Crippen molar-refractivity contribution in [3.63, 3.8) is 0 Å². The van der Waals surface area contributed by atoms with Crippen LogP contribution < -0.4 is 16.4 Å². The maximum absolute atomic E-state index is 13.3. The fraction of sp³-hybridized carbons (Fsp3) is 0.526. The van der Waals surface area contributed by atoms with Crippen LogP contribution in [0.3, 0.4) is 0 Å². The normalized spacial score (nSPS) is 20.6. The summed E-state index contributed by atoms with van der Waals surface area (Å²) in [5, 5.41) is 7.56. The molecule has 2 saturated heterocycles. The van der Waals surface area contributed by atoms with Gasteiger partial charge in [-0.1, -0.05) is 48.5 Å². The number of aromatic amines is 1. The number of H-pyrrole nitrogens is 1. The van der Waals surface area contributed by atoms with Gasteiger partial charge in [-0.3, -0.25) is 14.4 Å². The van der Waals surface area contributed by atoms with E-state index in [9.17, 15) is 14.4 Å². The van der Waals surface area contributed by atoms with Crippen LogP contribution in [-0.2, 0) is 28.6 Å². The van der Waals surface area contributed by atoms with E-state index in [1.165, 1.54) is 7.11 Å². The standard InChI is InChI=1S/C38H53N7O7/c1-23(41-36(46)33-10-8-20-45(33)52-22-31(24(2)49-4)43-38(48)51-6)26-11-13-27(14-12-26)28-15-17-29(18-16-28)30-21-40-35(42-30)32-9-7-19-44(32)37(47)34(39)25(3)50-5/h11-18,21,23-25,31-34H,7-10,19-20,22,39H2,1-6H3,(H,40,42)(H,41,46)(H,43,48)/t23-,24+,25+,31+,32-,33-,34-/m0/s1. The maximum atomic E-state index is 13.3. The molecule has 3 amide bonds. The van der Waals surface area contributed by atoms with E-state index in [1.54, 1.807) is 26.2 Å². The van der Waals surface area contributed by atoms with Crippen molar-refractivity contribution in [2.24, 2.45) is 5.73 Å². The second-order valence-electron chi connectivity index (χ2n) is 13.5. The van der Waals surface area contributed by atoms with E-state index in [0.29, 0.717) is 19.5 Å². The van der Waals surface area contributed by atoms with Crippen LogP contribution in [0, 0.1) is 0 Å². The lowest BCUT2D eigenvalue weighted by molar-refractivity contribution is -0.184. The van der Waals surface area contributed by atoms with Gasteiger partial charge >= 0.3 is 6.09 Å². The number of amides is 3. The van der Waals surface area contributed by atoms with Crippen LogP contribution in [0.1, 0.15) is 69.9 Å². The van der Waals surface area contributed by atoms with Gasteiger partial charge in [0.05, 0.1) is 55.9 Å². The average Bonchev–Trinajstić information content (AvgIpc) is 3.97. The summed E-state index contributed by atoms with van der Waals surface area (Å²) >= 11 is 0. The summed E-state index contributed by atoms with van der Waals surface area (Å²) in [5.74, 6) is 0.521. The van der Waals surface area contributed by atoms with E-state index < -0.39 is 24.2 Å². The van der Waals surface area contributed by atoms with Crippen LogP contribution in [-0.4, -0.2) is 109 Å². The predicted octanol–water partition coefficient (Wildman–Crippen LogP) is 4.10.